The average molecular weight is 490 g/mol. The van der Waals surface area contributed by atoms with E-state index in [2.05, 4.69) is 45.9 Å². The van der Waals surface area contributed by atoms with Crippen molar-refractivity contribution in [2.45, 2.75) is 26.7 Å². The number of nitrogens with one attached hydrogen (secondary N) is 3. The Hall–Kier alpha value is -2.71. The zero-order valence-corrected chi connectivity index (χ0v) is 19.4. The third kappa shape index (κ3) is 7.96. The number of hydrazine groups is 1. The molecule has 0 aliphatic heterocycles. The van der Waals surface area contributed by atoms with Gasteiger partial charge in [0.2, 0.25) is 5.91 Å². The van der Waals surface area contributed by atoms with E-state index in [4.69, 9.17) is 17.0 Å². The van der Waals surface area contributed by atoms with Crippen LogP contribution in [0.1, 0.15) is 36.5 Å². The van der Waals surface area contributed by atoms with Gasteiger partial charge in [-0.05, 0) is 70.3 Å². The standard InChI is InChI=1S/C22H24BrN3O3S/c1-14(2)17-9-10-19(18(23)12-17)29-13-21(28)25-26-22(30)24-20(27)11-8-16-6-4-15(3)5-7-16/h4-12,14H,13H2,1-3H3,(H,25,28)(H2,24,26,27,30). The van der Waals surface area contributed by atoms with Crippen molar-refractivity contribution in [2.24, 2.45) is 0 Å². The molecule has 0 bridgehead atoms. The summed E-state index contributed by atoms with van der Waals surface area (Å²) >= 11 is 8.44. The molecule has 3 N–H and O–H groups in total. The molecule has 2 aromatic carbocycles. The van der Waals surface area contributed by atoms with Gasteiger partial charge in [-0.3, -0.25) is 25.8 Å². The van der Waals surface area contributed by atoms with Crippen LogP contribution in [0.2, 0.25) is 0 Å². The second-order valence-corrected chi connectivity index (χ2v) is 8.13. The average Bonchev–Trinajstić information content (AvgIpc) is 2.70. The van der Waals surface area contributed by atoms with E-state index >= 15 is 0 Å². The number of hydrogen-bond donors (Lipinski definition) is 3. The summed E-state index contributed by atoms with van der Waals surface area (Å²) in [6.45, 7) is 5.98. The van der Waals surface area contributed by atoms with Crippen molar-refractivity contribution < 1.29 is 14.3 Å². The van der Waals surface area contributed by atoms with Crippen LogP contribution in [0.3, 0.4) is 0 Å². The summed E-state index contributed by atoms with van der Waals surface area (Å²) < 4.78 is 6.28. The van der Waals surface area contributed by atoms with E-state index in [1.54, 1.807) is 6.08 Å². The summed E-state index contributed by atoms with van der Waals surface area (Å²) in [4.78, 5) is 23.8. The monoisotopic (exact) mass is 489 g/mol. The van der Waals surface area contributed by atoms with Crippen molar-refractivity contribution in [3.63, 3.8) is 0 Å². The van der Waals surface area contributed by atoms with E-state index in [0.717, 1.165) is 21.2 Å². The molecule has 2 amide bonds. The van der Waals surface area contributed by atoms with Crippen LogP contribution < -0.4 is 20.9 Å². The maximum Gasteiger partial charge on any atom is 0.276 e. The summed E-state index contributed by atoms with van der Waals surface area (Å²) in [7, 11) is 0. The fourth-order valence-electron chi connectivity index (χ4n) is 2.33. The Balaban J connectivity index is 1.73. The maximum atomic E-state index is 11.9. The van der Waals surface area contributed by atoms with Crippen LogP contribution >= 0.6 is 28.1 Å². The van der Waals surface area contributed by atoms with Gasteiger partial charge in [-0.15, -0.1) is 0 Å². The lowest BCUT2D eigenvalue weighted by Gasteiger charge is -2.12. The van der Waals surface area contributed by atoms with E-state index in [-0.39, 0.29) is 11.7 Å². The minimum absolute atomic E-state index is 0.0237. The first-order valence-electron chi connectivity index (χ1n) is 9.31. The molecule has 2 rings (SSSR count). The highest BCUT2D eigenvalue weighted by molar-refractivity contribution is 9.10. The Kier molecular flexibility index (Phi) is 9.01. The minimum Gasteiger partial charge on any atom is -0.483 e. The summed E-state index contributed by atoms with van der Waals surface area (Å²) in [6.07, 6.45) is 3.04. The molecule has 0 fully saturated rings. The number of aryl methyl sites for hydroxylation is 1. The van der Waals surface area contributed by atoms with E-state index < -0.39 is 11.8 Å². The Morgan fingerprint density at radius 2 is 1.83 bits per heavy atom. The second kappa shape index (κ2) is 11.5. The quantitative estimate of drug-likeness (QED) is 0.324. The molecule has 0 atom stereocenters. The minimum atomic E-state index is -0.443. The number of carbonyl (C=O) groups excluding carboxylic acids is 2. The molecule has 0 spiro atoms. The third-order valence-corrected chi connectivity index (χ3v) is 4.86. The van der Waals surface area contributed by atoms with E-state index in [9.17, 15) is 9.59 Å². The van der Waals surface area contributed by atoms with Crippen molar-refractivity contribution >= 4 is 51.2 Å². The van der Waals surface area contributed by atoms with Gasteiger partial charge in [-0.2, -0.15) is 0 Å². The fraction of sp³-hybridized carbons (Fsp3) is 0.227. The number of halogens is 1. The molecule has 0 aliphatic rings. The van der Waals surface area contributed by atoms with Crippen LogP contribution in [-0.2, 0) is 9.59 Å². The molecular weight excluding hydrogens is 466 g/mol. The largest absolute Gasteiger partial charge is 0.483 e. The Morgan fingerprint density at radius 3 is 2.47 bits per heavy atom. The van der Waals surface area contributed by atoms with Crippen molar-refractivity contribution in [1.82, 2.24) is 16.2 Å². The van der Waals surface area contributed by atoms with Gasteiger partial charge in [0.1, 0.15) is 5.75 Å². The van der Waals surface area contributed by atoms with Crippen LogP contribution in [-0.4, -0.2) is 23.5 Å². The number of ether oxygens (including phenoxy) is 1. The van der Waals surface area contributed by atoms with Crippen LogP contribution in [0.25, 0.3) is 6.08 Å². The van der Waals surface area contributed by atoms with Gasteiger partial charge in [0.15, 0.2) is 11.7 Å². The zero-order chi connectivity index (χ0) is 22.1. The Bertz CT molecular complexity index is 943. The zero-order valence-electron chi connectivity index (χ0n) is 17.0. The lowest BCUT2D eigenvalue weighted by atomic mass is 10.0. The Labute approximate surface area is 190 Å². The molecule has 0 heterocycles. The van der Waals surface area contributed by atoms with Gasteiger partial charge in [0, 0.05) is 6.08 Å². The first-order valence-corrected chi connectivity index (χ1v) is 10.5. The van der Waals surface area contributed by atoms with Crippen molar-refractivity contribution in [2.75, 3.05) is 6.61 Å². The molecule has 30 heavy (non-hydrogen) atoms. The van der Waals surface area contributed by atoms with E-state index in [1.807, 2.05) is 49.4 Å². The lowest BCUT2D eigenvalue weighted by Crippen LogP contribution is -2.49. The van der Waals surface area contributed by atoms with Gasteiger partial charge in [-0.1, -0.05) is 49.7 Å². The molecule has 0 aliphatic carbocycles. The second-order valence-electron chi connectivity index (χ2n) is 6.87. The molecule has 6 nitrogen and oxygen atoms in total. The fourth-order valence-corrected chi connectivity index (χ4v) is 3.00. The van der Waals surface area contributed by atoms with Crippen LogP contribution in [0.5, 0.6) is 5.75 Å². The van der Waals surface area contributed by atoms with Crippen LogP contribution in [0.15, 0.2) is 53.0 Å². The number of carbonyl (C=O) groups is 2. The van der Waals surface area contributed by atoms with E-state index in [0.29, 0.717) is 11.7 Å². The molecule has 0 unspecified atom stereocenters. The first-order chi connectivity index (χ1) is 14.2. The van der Waals surface area contributed by atoms with Gasteiger partial charge >= 0.3 is 0 Å². The van der Waals surface area contributed by atoms with Crippen LogP contribution in [0.4, 0.5) is 0 Å². The highest BCUT2D eigenvalue weighted by Gasteiger charge is 2.09. The van der Waals surface area contributed by atoms with Gasteiger partial charge in [0.05, 0.1) is 4.47 Å². The van der Waals surface area contributed by atoms with Crippen molar-refractivity contribution in [1.29, 1.82) is 0 Å². The summed E-state index contributed by atoms with van der Waals surface area (Å²) in [6, 6.07) is 13.5. The molecule has 158 valence electrons. The van der Waals surface area contributed by atoms with Gasteiger partial charge < -0.3 is 4.74 Å². The molecule has 0 saturated carbocycles. The topological polar surface area (TPSA) is 79.5 Å². The number of amides is 2. The first kappa shape index (κ1) is 23.6. The van der Waals surface area contributed by atoms with E-state index in [1.165, 1.54) is 6.08 Å². The molecule has 0 saturated heterocycles. The summed E-state index contributed by atoms with van der Waals surface area (Å²) in [5.74, 6) is 0.104. The highest BCUT2D eigenvalue weighted by Crippen LogP contribution is 2.28. The number of thiocarbonyl (C=S) groups is 1. The molecule has 0 aromatic heterocycles. The highest BCUT2D eigenvalue weighted by atomic mass is 79.9. The van der Waals surface area contributed by atoms with Crippen LogP contribution in [0, 0.1) is 6.92 Å². The van der Waals surface area contributed by atoms with Crippen molar-refractivity contribution in [3.05, 3.63) is 69.7 Å². The summed E-state index contributed by atoms with van der Waals surface area (Å²) in [5.41, 5.74) is 8.05. The Morgan fingerprint density at radius 1 is 1.13 bits per heavy atom. The maximum absolute atomic E-state index is 11.9. The lowest BCUT2D eigenvalue weighted by molar-refractivity contribution is -0.123. The summed E-state index contributed by atoms with van der Waals surface area (Å²) in [5, 5.41) is 2.42. The molecule has 0 radical (unpaired) electrons. The third-order valence-electron chi connectivity index (χ3n) is 4.04. The molecule has 2 aromatic rings. The smallest absolute Gasteiger partial charge is 0.276 e. The molecule has 8 heteroatoms. The van der Waals surface area contributed by atoms with Gasteiger partial charge in [0.25, 0.3) is 5.91 Å². The number of benzene rings is 2. The van der Waals surface area contributed by atoms with Crippen molar-refractivity contribution in [3.8, 4) is 5.75 Å². The molecular formula is C22H24BrN3O3S. The number of hydrogen-bond acceptors (Lipinski definition) is 4. The predicted octanol–water partition coefficient (Wildman–Crippen LogP) is 4.00. The normalized spacial score (nSPS) is 10.7. The predicted molar refractivity (Wildman–Crippen MR) is 126 cm³/mol. The SMILES string of the molecule is Cc1ccc(C=CC(=O)NC(=S)NNC(=O)COc2ccc(C(C)C)cc2Br)cc1. The van der Waals surface area contributed by atoms with Gasteiger partial charge in [-0.25, -0.2) is 0 Å². The number of rotatable bonds is 6.